The van der Waals surface area contributed by atoms with Gasteiger partial charge in [-0.05, 0) is 0 Å². The van der Waals surface area contributed by atoms with E-state index in [1.54, 1.807) is 0 Å². The first-order valence-corrected chi connectivity index (χ1v) is 1.85. The van der Waals surface area contributed by atoms with E-state index in [9.17, 15) is 9.70 Å². The van der Waals surface area contributed by atoms with E-state index in [-0.39, 0.29) is 13.0 Å². The summed E-state index contributed by atoms with van der Waals surface area (Å²) < 4.78 is 0. The number of carbonyl (C=O) groups is 1. The van der Waals surface area contributed by atoms with Crippen molar-refractivity contribution in [1.82, 2.24) is 0 Å². The molecule has 0 saturated heterocycles. The highest BCUT2D eigenvalue weighted by Gasteiger charge is 1.89. The zero-order chi connectivity index (χ0) is 5.70. The number of hydrogen-bond donors (Lipinski definition) is 1. The zero-order valence-corrected chi connectivity index (χ0v) is 3.76. The number of hydrogen-bond acceptors (Lipinski definition) is 3. The number of nitroso groups, excluding NO2 is 1. The summed E-state index contributed by atoms with van der Waals surface area (Å²) >= 11 is 0. The smallest absolute Gasteiger partial charge is 0.219 e. The van der Waals surface area contributed by atoms with Crippen LogP contribution in [0, 0.1) is 4.91 Å². The van der Waals surface area contributed by atoms with Crippen LogP contribution in [0.15, 0.2) is 5.18 Å². The molecule has 0 atom stereocenters. The van der Waals surface area contributed by atoms with E-state index in [0.29, 0.717) is 0 Å². The maximum Gasteiger partial charge on any atom is 0.219 e. The molecule has 0 rings (SSSR count). The molecule has 0 aliphatic rings. The first kappa shape index (κ1) is 6.07. The van der Waals surface area contributed by atoms with E-state index in [2.05, 4.69) is 10.9 Å². The number of amides is 1. The number of nitrogens with zero attached hydrogens (tertiary/aromatic N) is 1. The van der Waals surface area contributed by atoms with Crippen LogP contribution in [-0.4, -0.2) is 12.5 Å². The van der Waals surface area contributed by atoms with Gasteiger partial charge in [0.15, 0.2) is 0 Å². The summed E-state index contributed by atoms with van der Waals surface area (Å²) in [6.07, 6.45) is 0.0590. The van der Waals surface area contributed by atoms with Crippen molar-refractivity contribution in [2.75, 3.05) is 6.54 Å². The average Bonchev–Trinajstić information content (AvgIpc) is 1.61. The number of primary amides is 1. The molecule has 2 N–H and O–H groups in total. The van der Waals surface area contributed by atoms with Crippen LogP contribution in [0.1, 0.15) is 6.42 Å². The monoisotopic (exact) mass is 102 g/mol. The highest BCUT2D eigenvalue weighted by molar-refractivity contribution is 5.73. The van der Waals surface area contributed by atoms with Crippen LogP contribution in [0.3, 0.4) is 0 Å². The van der Waals surface area contributed by atoms with Crippen LogP contribution in [0.2, 0.25) is 0 Å². The quantitative estimate of drug-likeness (QED) is 0.493. The van der Waals surface area contributed by atoms with Gasteiger partial charge in [0.1, 0.15) is 0 Å². The van der Waals surface area contributed by atoms with Gasteiger partial charge in [-0.1, -0.05) is 5.18 Å². The van der Waals surface area contributed by atoms with Crippen molar-refractivity contribution in [2.24, 2.45) is 10.9 Å². The fraction of sp³-hybridized carbons (Fsp3) is 0.667. The van der Waals surface area contributed by atoms with Gasteiger partial charge in [0.2, 0.25) is 5.91 Å². The molecule has 0 unspecified atom stereocenters. The predicted molar refractivity (Wildman–Crippen MR) is 24.5 cm³/mol. The number of rotatable bonds is 3. The molecule has 7 heavy (non-hydrogen) atoms. The SMILES string of the molecule is NC(=O)CCN=O. The molecular weight excluding hydrogens is 96.0 g/mol. The molecule has 0 spiro atoms. The Kier molecular flexibility index (Phi) is 2.83. The second-order valence-electron chi connectivity index (χ2n) is 1.07. The van der Waals surface area contributed by atoms with Gasteiger partial charge >= 0.3 is 0 Å². The van der Waals surface area contributed by atoms with E-state index >= 15 is 0 Å². The third-order valence-corrected chi connectivity index (χ3v) is 0.449. The Bertz CT molecular complexity index is 81.0. The van der Waals surface area contributed by atoms with Gasteiger partial charge in [-0.2, -0.15) is 4.91 Å². The lowest BCUT2D eigenvalue weighted by molar-refractivity contribution is -0.117. The predicted octanol–water partition coefficient (Wildman–Crippen LogP) is -0.372. The number of nitrogens with two attached hydrogens (primary N) is 1. The standard InChI is InChI=1S/C3H6N2O2/c4-3(6)1-2-5-7/h1-2H2,(H2,4,6). The van der Waals surface area contributed by atoms with Crippen LogP contribution >= 0.6 is 0 Å². The minimum atomic E-state index is -0.486. The lowest BCUT2D eigenvalue weighted by Crippen LogP contribution is -2.10. The molecule has 0 heterocycles. The van der Waals surface area contributed by atoms with Gasteiger partial charge in [-0.15, -0.1) is 0 Å². The van der Waals surface area contributed by atoms with Crippen LogP contribution < -0.4 is 5.73 Å². The van der Waals surface area contributed by atoms with Gasteiger partial charge < -0.3 is 5.73 Å². The molecule has 4 nitrogen and oxygen atoms in total. The van der Waals surface area contributed by atoms with Gasteiger partial charge in [-0.25, -0.2) is 0 Å². The molecule has 4 heteroatoms. The normalized spacial score (nSPS) is 8.00. The summed E-state index contributed by atoms with van der Waals surface area (Å²) in [4.78, 5) is 19.0. The van der Waals surface area contributed by atoms with Gasteiger partial charge in [0, 0.05) is 6.42 Å². The van der Waals surface area contributed by atoms with Crippen molar-refractivity contribution in [2.45, 2.75) is 6.42 Å². The zero-order valence-electron chi connectivity index (χ0n) is 3.76. The van der Waals surface area contributed by atoms with Crippen molar-refractivity contribution in [3.63, 3.8) is 0 Å². The van der Waals surface area contributed by atoms with E-state index in [4.69, 9.17) is 0 Å². The third-order valence-electron chi connectivity index (χ3n) is 0.449. The van der Waals surface area contributed by atoms with Crippen LogP contribution in [0.5, 0.6) is 0 Å². The molecule has 1 amide bonds. The van der Waals surface area contributed by atoms with Crippen molar-refractivity contribution >= 4 is 5.91 Å². The lowest BCUT2D eigenvalue weighted by Gasteiger charge is -1.80. The molecule has 0 aromatic carbocycles. The summed E-state index contributed by atoms with van der Waals surface area (Å²) in [5, 5.41) is 2.42. The van der Waals surface area contributed by atoms with Crippen molar-refractivity contribution in [3.05, 3.63) is 4.91 Å². The molecule has 0 radical (unpaired) electrons. The first-order valence-electron chi connectivity index (χ1n) is 1.85. The Morgan fingerprint density at radius 3 is 2.43 bits per heavy atom. The summed E-state index contributed by atoms with van der Waals surface area (Å²) in [5.41, 5.74) is 4.64. The molecular formula is C3H6N2O2. The summed E-state index contributed by atoms with van der Waals surface area (Å²) in [7, 11) is 0. The molecule has 0 aliphatic carbocycles. The Hall–Kier alpha value is -0.930. The molecule has 40 valence electrons. The second-order valence-corrected chi connectivity index (χ2v) is 1.07. The fourth-order valence-corrected chi connectivity index (χ4v) is 0.156. The van der Waals surface area contributed by atoms with Crippen LogP contribution in [-0.2, 0) is 4.79 Å². The van der Waals surface area contributed by atoms with Crippen LogP contribution in [0.25, 0.3) is 0 Å². The Labute approximate surface area is 40.7 Å². The molecule has 0 fully saturated rings. The van der Waals surface area contributed by atoms with Crippen molar-refractivity contribution in [3.8, 4) is 0 Å². The minimum absolute atomic E-state index is 0.00463. The summed E-state index contributed by atoms with van der Waals surface area (Å²) in [6.45, 7) is -0.00463. The third kappa shape index (κ3) is 5.07. The van der Waals surface area contributed by atoms with Gasteiger partial charge in [0.05, 0.1) is 6.54 Å². The molecule has 0 saturated carbocycles. The lowest BCUT2D eigenvalue weighted by atomic mass is 10.4. The van der Waals surface area contributed by atoms with E-state index in [1.807, 2.05) is 0 Å². The first-order chi connectivity index (χ1) is 3.27. The maximum absolute atomic E-state index is 9.78. The number of carbonyl (C=O) groups excluding carboxylic acids is 1. The topological polar surface area (TPSA) is 72.5 Å². The molecule has 0 aromatic heterocycles. The maximum atomic E-state index is 9.78. The van der Waals surface area contributed by atoms with Crippen molar-refractivity contribution < 1.29 is 4.79 Å². The Morgan fingerprint density at radius 2 is 2.29 bits per heavy atom. The molecule has 0 aliphatic heterocycles. The molecule has 0 bridgehead atoms. The average molecular weight is 102 g/mol. The van der Waals surface area contributed by atoms with E-state index < -0.39 is 5.91 Å². The van der Waals surface area contributed by atoms with Gasteiger partial charge in [-0.3, -0.25) is 4.79 Å². The highest BCUT2D eigenvalue weighted by atomic mass is 16.3. The van der Waals surface area contributed by atoms with Crippen LogP contribution in [0.4, 0.5) is 0 Å². The summed E-state index contributed by atoms with van der Waals surface area (Å²) in [5.74, 6) is -0.486. The van der Waals surface area contributed by atoms with E-state index in [0.717, 1.165) is 0 Å². The second kappa shape index (κ2) is 3.27. The fourth-order valence-electron chi connectivity index (χ4n) is 0.156. The van der Waals surface area contributed by atoms with Gasteiger partial charge in [0.25, 0.3) is 0 Å². The van der Waals surface area contributed by atoms with Crippen molar-refractivity contribution in [1.29, 1.82) is 0 Å². The minimum Gasteiger partial charge on any atom is -0.370 e. The Morgan fingerprint density at radius 1 is 1.71 bits per heavy atom. The summed E-state index contributed by atoms with van der Waals surface area (Å²) in [6, 6.07) is 0. The Balaban J connectivity index is 2.97. The highest BCUT2D eigenvalue weighted by Crippen LogP contribution is 1.74. The largest absolute Gasteiger partial charge is 0.370 e. The molecule has 0 aromatic rings. The van der Waals surface area contributed by atoms with E-state index in [1.165, 1.54) is 0 Å².